The van der Waals surface area contributed by atoms with Gasteiger partial charge in [-0.05, 0) is 92.6 Å². The van der Waals surface area contributed by atoms with Crippen LogP contribution in [0.15, 0.2) is 35.3 Å². The number of hydrogen-bond acceptors (Lipinski definition) is 5. The molecule has 4 nitrogen and oxygen atoms in total. The zero-order valence-electron chi connectivity index (χ0n) is 25.3. The van der Waals surface area contributed by atoms with E-state index in [1.807, 2.05) is 6.08 Å². The lowest BCUT2D eigenvalue weighted by Gasteiger charge is -2.62. The number of hydrogen-bond donors (Lipinski definition) is 1. The maximum Gasteiger partial charge on any atom is 0.456 e. The number of carbonyl (C=O) groups is 1. The molecule has 4 aliphatic carbocycles. The lowest BCUT2D eigenvalue weighted by molar-refractivity contribution is -0.364. The van der Waals surface area contributed by atoms with E-state index in [2.05, 4.69) is 16.9 Å². The van der Waals surface area contributed by atoms with E-state index in [0.29, 0.717) is 25.7 Å². The minimum atomic E-state index is -5.80. The van der Waals surface area contributed by atoms with E-state index >= 15 is 8.78 Å². The van der Waals surface area contributed by atoms with Gasteiger partial charge in [-0.2, -0.15) is 22.0 Å². The lowest BCUT2D eigenvalue weighted by atomic mass is 9.43. The normalized spacial score (nSPS) is 36.1. The van der Waals surface area contributed by atoms with Crippen molar-refractivity contribution in [1.82, 2.24) is 9.97 Å². The molecule has 0 aliphatic heterocycles. The number of alkyl halides is 5. The molecule has 0 spiro atoms. The summed E-state index contributed by atoms with van der Waals surface area (Å²) < 4.78 is 70.9. The third-order valence-electron chi connectivity index (χ3n) is 11.9. The lowest BCUT2D eigenvalue weighted by Crippen LogP contribution is -2.66. The summed E-state index contributed by atoms with van der Waals surface area (Å²) in [6, 6.07) is 1.80. The summed E-state index contributed by atoms with van der Waals surface area (Å²) in [5.41, 5.74) is -3.72. The third kappa shape index (κ3) is 5.81. The van der Waals surface area contributed by atoms with Crippen LogP contribution in [0, 0.1) is 34.5 Å². The number of fused-ring (bicyclic) bond motifs is 5. The summed E-state index contributed by atoms with van der Waals surface area (Å²) in [4.78, 5) is 20.9. The van der Waals surface area contributed by atoms with Crippen LogP contribution in [0.3, 0.4) is 0 Å². The van der Waals surface area contributed by atoms with Crippen molar-refractivity contribution < 1.29 is 31.9 Å². The number of carbonyl (C=O) groups excluding carboxylic acids is 1. The Balaban J connectivity index is 1.24. The van der Waals surface area contributed by atoms with Gasteiger partial charge >= 0.3 is 12.1 Å². The minimum absolute atomic E-state index is 0.0376. The van der Waals surface area contributed by atoms with Crippen molar-refractivity contribution in [3.05, 3.63) is 30.1 Å². The second kappa shape index (κ2) is 12.3. The fourth-order valence-corrected chi connectivity index (χ4v) is 10.3. The Labute approximate surface area is 256 Å². The summed E-state index contributed by atoms with van der Waals surface area (Å²) >= 11 is 1.66. The quantitative estimate of drug-likeness (QED) is 0.115. The summed E-state index contributed by atoms with van der Waals surface area (Å²) in [5.74, 6) is -4.27. The van der Waals surface area contributed by atoms with Crippen molar-refractivity contribution in [1.29, 1.82) is 0 Å². The average molecular weight is 629 g/mol. The number of aromatic nitrogens is 2. The Hall–Kier alpha value is -1.55. The molecule has 0 unspecified atom stereocenters. The van der Waals surface area contributed by atoms with E-state index in [1.54, 1.807) is 30.2 Å². The van der Waals surface area contributed by atoms with Crippen molar-refractivity contribution in [2.24, 2.45) is 34.5 Å². The Morgan fingerprint density at radius 1 is 0.930 bits per heavy atom. The monoisotopic (exact) mass is 628 g/mol. The first kappa shape index (κ1) is 32.8. The largest absolute Gasteiger partial charge is 0.456 e. The van der Waals surface area contributed by atoms with E-state index in [4.69, 9.17) is 0 Å². The van der Waals surface area contributed by atoms with Crippen molar-refractivity contribution >= 4 is 17.5 Å². The number of ketones is 1. The zero-order valence-corrected chi connectivity index (χ0v) is 26.1. The smallest absolute Gasteiger partial charge is 0.383 e. The van der Waals surface area contributed by atoms with Crippen LogP contribution >= 0.6 is 11.8 Å². The number of allylic oxidation sites excluding steroid dienone is 1. The molecule has 7 atom stereocenters. The van der Waals surface area contributed by atoms with Crippen molar-refractivity contribution in [2.75, 3.05) is 5.75 Å². The molecule has 3 fully saturated rings. The molecular formula is C33H45F5N2O2S. The van der Waals surface area contributed by atoms with Crippen molar-refractivity contribution in [3.8, 4) is 0 Å². The molecule has 4 aliphatic rings. The molecule has 3 saturated carbocycles. The first-order valence-corrected chi connectivity index (χ1v) is 17.0. The van der Waals surface area contributed by atoms with Gasteiger partial charge in [-0.25, -0.2) is 9.97 Å². The third-order valence-corrected chi connectivity index (χ3v) is 12.9. The minimum Gasteiger partial charge on any atom is -0.383 e. The number of nitrogens with zero attached hydrogens (tertiary/aromatic N) is 2. The fraction of sp³-hybridized carbons (Fsp3) is 0.788. The van der Waals surface area contributed by atoms with Crippen LogP contribution in [0.25, 0.3) is 0 Å². The van der Waals surface area contributed by atoms with Gasteiger partial charge in [-0.3, -0.25) is 4.79 Å². The molecule has 240 valence electrons. The first-order chi connectivity index (χ1) is 20.2. The second-order valence-electron chi connectivity index (χ2n) is 14.0. The van der Waals surface area contributed by atoms with E-state index in [1.165, 1.54) is 6.92 Å². The molecule has 0 saturated heterocycles. The zero-order chi connectivity index (χ0) is 31.1. The highest BCUT2D eigenvalue weighted by Gasteiger charge is 2.79. The molecule has 43 heavy (non-hydrogen) atoms. The topological polar surface area (TPSA) is 63.1 Å². The SMILES string of the molecule is C[C@]12CCC(=O)C=C1C[C@@H](CCCCCCCCSc1ncccn1)[C@@H]1[C@@H]2CC[C@@]2(C)[C@H]1CC[C@@]2(O)C(F)(F)C(F)(F)F. The molecule has 1 N–H and O–H groups in total. The van der Waals surface area contributed by atoms with Crippen LogP contribution in [0.2, 0.25) is 0 Å². The predicted molar refractivity (Wildman–Crippen MR) is 157 cm³/mol. The van der Waals surface area contributed by atoms with Gasteiger partial charge < -0.3 is 5.11 Å². The molecule has 0 bridgehead atoms. The van der Waals surface area contributed by atoms with Gasteiger partial charge in [0.05, 0.1) is 0 Å². The molecule has 1 heterocycles. The Bertz CT molecular complexity index is 1180. The second-order valence-corrected chi connectivity index (χ2v) is 15.1. The van der Waals surface area contributed by atoms with Gasteiger partial charge in [-0.15, -0.1) is 0 Å². The standard InChI is InChI=1S/C33H45F5N2O2S/c1-29-14-11-24(41)21-23(29)20-22(10-7-5-3-4-6-8-19-43-28-39-17-9-18-40-28)27-25(29)12-15-30(2)26(27)13-16-31(30,42)32(34,35)33(36,37)38/h9,17-18,21-22,25-27,42H,3-8,10-16,19-20H2,1-2H3/t22-,25+,26+,27-,29+,30+,31+/m1/s1. The number of aliphatic hydroxyl groups is 1. The molecule has 5 rings (SSSR count). The van der Waals surface area contributed by atoms with Gasteiger partial charge in [-0.1, -0.05) is 63.3 Å². The van der Waals surface area contributed by atoms with E-state index < -0.39 is 35.5 Å². The van der Waals surface area contributed by atoms with Crippen molar-refractivity contribution in [2.45, 2.75) is 127 Å². The highest BCUT2D eigenvalue weighted by Crippen LogP contribution is 2.72. The average Bonchev–Trinajstić information content (AvgIpc) is 3.24. The molecule has 0 aromatic carbocycles. The maximum absolute atomic E-state index is 15.0. The molecule has 10 heteroatoms. The van der Waals surface area contributed by atoms with Crippen LogP contribution in [-0.4, -0.2) is 44.3 Å². The van der Waals surface area contributed by atoms with Crippen LogP contribution in [-0.2, 0) is 4.79 Å². The number of thioether (sulfide) groups is 1. The molecule has 0 radical (unpaired) electrons. The van der Waals surface area contributed by atoms with Gasteiger partial charge in [0.1, 0.15) is 5.60 Å². The highest BCUT2D eigenvalue weighted by molar-refractivity contribution is 7.99. The Kier molecular flexibility index (Phi) is 9.42. The van der Waals surface area contributed by atoms with Crippen molar-refractivity contribution in [3.63, 3.8) is 0 Å². The number of unbranched alkanes of at least 4 members (excludes halogenated alkanes) is 5. The molecular weight excluding hydrogens is 583 g/mol. The van der Waals surface area contributed by atoms with E-state index in [9.17, 15) is 23.1 Å². The van der Waals surface area contributed by atoms with Gasteiger partial charge in [0.25, 0.3) is 0 Å². The van der Waals surface area contributed by atoms with E-state index in [-0.39, 0.29) is 41.8 Å². The highest BCUT2D eigenvalue weighted by atomic mass is 32.2. The van der Waals surface area contributed by atoms with E-state index in [0.717, 1.165) is 61.4 Å². The molecule has 1 aromatic heterocycles. The number of halogens is 5. The summed E-state index contributed by atoms with van der Waals surface area (Å²) in [5, 5.41) is 12.1. The summed E-state index contributed by atoms with van der Waals surface area (Å²) in [6.45, 7) is 3.67. The van der Waals surface area contributed by atoms with Crippen LogP contribution in [0.5, 0.6) is 0 Å². The van der Waals surface area contributed by atoms with Crippen LogP contribution in [0.4, 0.5) is 22.0 Å². The fourth-order valence-electron chi connectivity index (χ4n) is 9.51. The first-order valence-electron chi connectivity index (χ1n) is 16.1. The number of rotatable bonds is 11. The molecule has 0 amide bonds. The van der Waals surface area contributed by atoms with Gasteiger partial charge in [0.15, 0.2) is 10.9 Å². The van der Waals surface area contributed by atoms with Gasteiger partial charge in [0, 0.05) is 30.0 Å². The predicted octanol–water partition coefficient (Wildman–Crippen LogP) is 8.99. The van der Waals surface area contributed by atoms with Gasteiger partial charge in [0.2, 0.25) is 0 Å². The summed E-state index contributed by atoms with van der Waals surface area (Å²) in [7, 11) is 0. The Morgan fingerprint density at radius 3 is 2.28 bits per heavy atom. The Morgan fingerprint density at radius 2 is 1.58 bits per heavy atom. The van der Waals surface area contributed by atoms with Crippen LogP contribution in [0.1, 0.15) is 104 Å². The summed E-state index contributed by atoms with van der Waals surface area (Å²) in [6.07, 6.45) is 8.88. The maximum atomic E-state index is 15.0. The van der Waals surface area contributed by atoms with Crippen LogP contribution < -0.4 is 0 Å². The molecule has 1 aromatic rings.